The lowest BCUT2D eigenvalue weighted by Crippen LogP contribution is -2.37. The zero-order valence-corrected chi connectivity index (χ0v) is 9.29. The molecule has 0 aliphatic carbocycles. The van der Waals surface area contributed by atoms with Crippen molar-refractivity contribution in [3.63, 3.8) is 0 Å². The molecule has 1 aliphatic rings. The van der Waals surface area contributed by atoms with Gasteiger partial charge in [0.25, 0.3) is 0 Å². The highest BCUT2D eigenvalue weighted by Gasteiger charge is 2.32. The second-order valence-electron chi connectivity index (χ2n) is 4.62. The van der Waals surface area contributed by atoms with Gasteiger partial charge in [-0.15, -0.1) is 0 Å². The molecule has 1 unspecified atom stereocenters. The second kappa shape index (κ2) is 4.93. The van der Waals surface area contributed by atoms with Crippen molar-refractivity contribution in [2.45, 2.75) is 19.3 Å². The van der Waals surface area contributed by atoms with Gasteiger partial charge in [0.2, 0.25) is 0 Å². The summed E-state index contributed by atoms with van der Waals surface area (Å²) < 4.78 is 18.2. The Morgan fingerprint density at radius 1 is 1.31 bits per heavy atom. The summed E-state index contributed by atoms with van der Waals surface area (Å²) in [6.45, 7) is 1.51. The molecule has 2 nitrogen and oxygen atoms in total. The predicted molar refractivity (Wildman–Crippen MR) is 59.7 cm³/mol. The van der Waals surface area contributed by atoms with Crippen LogP contribution in [0, 0.1) is 11.2 Å². The largest absolute Gasteiger partial charge is 0.396 e. The molecule has 0 aromatic heterocycles. The third kappa shape index (κ3) is 2.60. The van der Waals surface area contributed by atoms with Gasteiger partial charge in [0.15, 0.2) is 0 Å². The molecule has 0 saturated carbocycles. The van der Waals surface area contributed by atoms with E-state index < -0.39 is 0 Å². The maximum absolute atomic E-state index is 12.8. The quantitative estimate of drug-likeness (QED) is 0.852. The minimum atomic E-state index is -0.221. The standard InChI is InChI=1S/C13H17FO2/c14-12-4-2-11(3-5-12)8-13(9-15)6-1-7-16-10-13/h2-5,15H,1,6-10H2. The van der Waals surface area contributed by atoms with Crippen molar-refractivity contribution < 1.29 is 14.2 Å². The molecule has 0 amide bonds. The number of ether oxygens (including phenoxy) is 1. The smallest absolute Gasteiger partial charge is 0.123 e. The molecule has 3 heteroatoms. The van der Waals surface area contributed by atoms with Crippen molar-refractivity contribution in [1.29, 1.82) is 0 Å². The maximum atomic E-state index is 12.8. The monoisotopic (exact) mass is 224 g/mol. The summed E-state index contributed by atoms with van der Waals surface area (Å²) in [6.07, 6.45) is 2.71. The number of hydrogen-bond acceptors (Lipinski definition) is 2. The first-order valence-electron chi connectivity index (χ1n) is 5.67. The van der Waals surface area contributed by atoms with Crippen molar-refractivity contribution in [2.75, 3.05) is 19.8 Å². The van der Waals surface area contributed by atoms with E-state index in [-0.39, 0.29) is 17.8 Å². The van der Waals surface area contributed by atoms with E-state index in [4.69, 9.17) is 4.74 Å². The Kier molecular flexibility index (Phi) is 3.56. The third-order valence-electron chi connectivity index (χ3n) is 3.23. The van der Waals surface area contributed by atoms with Crippen LogP contribution >= 0.6 is 0 Å². The summed E-state index contributed by atoms with van der Waals surface area (Å²) in [4.78, 5) is 0. The van der Waals surface area contributed by atoms with Crippen LogP contribution in [0.4, 0.5) is 4.39 Å². The molecule has 0 spiro atoms. The summed E-state index contributed by atoms with van der Waals surface area (Å²) >= 11 is 0. The van der Waals surface area contributed by atoms with Gasteiger partial charge in [0.1, 0.15) is 5.82 Å². The zero-order valence-electron chi connectivity index (χ0n) is 9.29. The van der Waals surface area contributed by atoms with E-state index in [1.165, 1.54) is 12.1 Å². The fourth-order valence-electron chi connectivity index (χ4n) is 2.27. The Morgan fingerprint density at radius 2 is 2.06 bits per heavy atom. The van der Waals surface area contributed by atoms with Gasteiger partial charge in [-0.1, -0.05) is 12.1 Å². The molecule has 1 atom stereocenters. The highest BCUT2D eigenvalue weighted by molar-refractivity contribution is 5.18. The van der Waals surface area contributed by atoms with Crippen LogP contribution in [0.15, 0.2) is 24.3 Å². The Labute approximate surface area is 95.1 Å². The molecule has 1 heterocycles. The minimum absolute atomic E-state index is 0.129. The van der Waals surface area contributed by atoms with Gasteiger partial charge in [-0.05, 0) is 37.0 Å². The van der Waals surface area contributed by atoms with E-state index in [0.717, 1.165) is 31.4 Å². The predicted octanol–water partition coefficient (Wildman–Crippen LogP) is 2.16. The summed E-state index contributed by atoms with van der Waals surface area (Å²) in [6, 6.07) is 6.48. The van der Waals surface area contributed by atoms with Crippen molar-refractivity contribution in [3.05, 3.63) is 35.6 Å². The Balaban J connectivity index is 2.08. The lowest BCUT2D eigenvalue weighted by molar-refractivity contribution is -0.0379. The van der Waals surface area contributed by atoms with Crippen molar-refractivity contribution in [2.24, 2.45) is 5.41 Å². The highest BCUT2D eigenvalue weighted by Crippen LogP contribution is 2.32. The van der Waals surface area contributed by atoms with Crippen molar-refractivity contribution in [1.82, 2.24) is 0 Å². The van der Waals surface area contributed by atoms with Gasteiger partial charge in [0.05, 0.1) is 13.2 Å². The molecule has 1 saturated heterocycles. The van der Waals surface area contributed by atoms with Crippen molar-refractivity contribution in [3.8, 4) is 0 Å². The first-order valence-corrected chi connectivity index (χ1v) is 5.67. The minimum Gasteiger partial charge on any atom is -0.396 e. The van der Waals surface area contributed by atoms with E-state index in [2.05, 4.69) is 0 Å². The molecule has 1 N–H and O–H groups in total. The SMILES string of the molecule is OCC1(Cc2ccc(F)cc2)CCCOC1. The second-order valence-corrected chi connectivity index (χ2v) is 4.62. The Morgan fingerprint density at radius 3 is 2.62 bits per heavy atom. The van der Waals surface area contributed by atoms with Crippen molar-refractivity contribution >= 4 is 0 Å². The van der Waals surface area contributed by atoms with Crippen LogP contribution in [0.2, 0.25) is 0 Å². The third-order valence-corrected chi connectivity index (χ3v) is 3.23. The van der Waals surface area contributed by atoms with E-state index >= 15 is 0 Å². The highest BCUT2D eigenvalue weighted by atomic mass is 19.1. The van der Waals surface area contributed by atoms with Crippen LogP contribution < -0.4 is 0 Å². The molecule has 2 rings (SSSR count). The molecular formula is C13H17FO2. The van der Waals surface area contributed by atoms with Gasteiger partial charge < -0.3 is 9.84 Å². The molecule has 16 heavy (non-hydrogen) atoms. The topological polar surface area (TPSA) is 29.5 Å². The van der Waals surface area contributed by atoms with Gasteiger partial charge in [-0.3, -0.25) is 0 Å². The van der Waals surface area contributed by atoms with Crippen LogP contribution in [-0.2, 0) is 11.2 Å². The molecule has 0 bridgehead atoms. The average molecular weight is 224 g/mol. The molecule has 1 aliphatic heterocycles. The van der Waals surface area contributed by atoms with E-state index in [9.17, 15) is 9.50 Å². The molecule has 1 aromatic carbocycles. The van der Waals surface area contributed by atoms with Crippen LogP contribution in [0.3, 0.4) is 0 Å². The molecular weight excluding hydrogens is 207 g/mol. The molecule has 1 aromatic rings. The summed E-state index contributed by atoms with van der Waals surface area (Å²) in [5, 5.41) is 9.50. The van der Waals surface area contributed by atoms with Crippen LogP contribution in [0.5, 0.6) is 0 Å². The number of benzene rings is 1. The summed E-state index contributed by atoms with van der Waals surface area (Å²) in [5.74, 6) is -0.221. The van der Waals surface area contributed by atoms with Crippen LogP contribution in [0.25, 0.3) is 0 Å². The lowest BCUT2D eigenvalue weighted by atomic mass is 9.78. The zero-order chi connectivity index (χ0) is 11.4. The van der Waals surface area contributed by atoms with E-state index in [1.54, 1.807) is 12.1 Å². The van der Waals surface area contributed by atoms with E-state index in [1.807, 2.05) is 0 Å². The number of aliphatic hydroxyl groups excluding tert-OH is 1. The first kappa shape index (κ1) is 11.6. The van der Waals surface area contributed by atoms with Gasteiger partial charge in [-0.25, -0.2) is 4.39 Å². The normalized spacial score (nSPS) is 25.6. The lowest BCUT2D eigenvalue weighted by Gasteiger charge is -2.35. The Hall–Kier alpha value is -0.930. The number of halogens is 1. The van der Waals surface area contributed by atoms with Gasteiger partial charge >= 0.3 is 0 Å². The molecule has 0 radical (unpaired) electrons. The van der Waals surface area contributed by atoms with Gasteiger partial charge in [0, 0.05) is 12.0 Å². The number of hydrogen-bond donors (Lipinski definition) is 1. The van der Waals surface area contributed by atoms with Crippen LogP contribution in [-0.4, -0.2) is 24.9 Å². The maximum Gasteiger partial charge on any atom is 0.123 e. The fraction of sp³-hybridized carbons (Fsp3) is 0.538. The molecule has 88 valence electrons. The number of rotatable bonds is 3. The molecule has 1 fully saturated rings. The Bertz CT molecular complexity index is 328. The van der Waals surface area contributed by atoms with E-state index in [0.29, 0.717) is 6.61 Å². The average Bonchev–Trinajstić information content (AvgIpc) is 2.33. The number of aliphatic hydroxyl groups is 1. The fourth-order valence-corrected chi connectivity index (χ4v) is 2.27. The van der Waals surface area contributed by atoms with Gasteiger partial charge in [-0.2, -0.15) is 0 Å². The summed E-state index contributed by atoms with van der Waals surface area (Å²) in [5.41, 5.74) is 0.886. The first-order chi connectivity index (χ1) is 7.74. The van der Waals surface area contributed by atoms with Crippen LogP contribution in [0.1, 0.15) is 18.4 Å². The summed E-state index contributed by atoms with van der Waals surface area (Å²) in [7, 11) is 0.